The number of pyridine rings is 1. The predicted molar refractivity (Wildman–Crippen MR) is 75.9 cm³/mol. The molecular formula is C14H16N2O4. The van der Waals surface area contributed by atoms with Gasteiger partial charge in [-0.25, -0.2) is 4.79 Å². The topological polar surface area (TPSA) is 71.8 Å². The average Bonchev–Trinajstić information content (AvgIpc) is 2.38. The lowest BCUT2D eigenvalue weighted by Crippen LogP contribution is -2.30. The van der Waals surface area contributed by atoms with Crippen LogP contribution in [0.1, 0.15) is 17.3 Å². The molecule has 2 rings (SSSR count). The molecule has 1 aromatic carbocycles. The summed E-state index contributed by atoms with van der Waals surface area (Å²) in [6.07, 6.45) is 1.42. The summed E-state index contributed by atoms with van der Waals surface area (Å²) in [5.74, 6) is -0.598. The minimum absolute atomic E-state index is 0.0289. The maximum absolute atomic E-state index is 12.3. The van der Waals surface area contributed by atoms with E-state index in [1.807, 2.05) is 0 Å². The SMILES string of the molecule is CCOC(=O)c1cn(N(C)C)c2cc(O)ccc2c1=O. The molecule has 0 aliphatic rings. The molecule has 0 spiro atoms. The maximum atomic E-state index is 12.3. The van der Waals surface area contributed by atoms with Crippen LogP contribution < -0.4 is 10.4 Å². The molecule has 0 fully saturated rings. The summed E-state index contributed by atoms with van der Waals surface area (Å²) in [7, 11) is 3.53. The Morgan fingerprint density at radius 2 is 2.10 bits per heavy atom. The highest BCUT2D eigenvalue weighted by Gasteiger charge is 2.17. The molecule has 0 atom stereocenters. The van der Waals surface area contributed by atoms with E-state index in [-0.39, 0.29) is 17.9 Å². The number of fused-ring (bicyclic) bond motifs is 1. The van der Waals surface area contributed by atoms with Gasteiger partial charge in [0.1, 0.15) is 11.3 Å². The molecule has 0 aliphatic carbocycles. The Morgan fingerprint density at radius 1 is 1.40 bits per heavy atom. The summed E-state index contributed by atoms with van der Waals surface area (Å²) in [6, 6.07) is 4.39. The van der Waals surface area contributed by atoms with E-state index in [1.54, 1.807) is 30.7 Å². The second-order valence-corrected chi connectivity index (χ2v) is 4.49. The number of phenols is 1. The van der Waals surface area contributed by atoms with Crippen LogP contribution in [0.3, 0.4) is 0 Å². The fraction of sp³-hybridized carbons (Fsp3) is 0.286. The number of carbonyl (C=O) groups excluding carboxylic acids is 1. The van der Waals surface area contributed by atoms with E-state index in [0.29, 0.717) is 10.9 Å². The van der Waals surface area contributed by atoms with Crippen molar-refractivity contribution in [2.75, 3.05) is 25.7 Å². The van der Waals surface area contributed by atoms with Gasteiger partial charge in [0, 0.05) is 31.7 Å². The Bertz CT molecular complexity index is 719. The molecule has 2 aromatic rings. The van der Waals surface area contributed by atoms with Crippen molar-refractivity contribution in [2.45, 2.75) is 6.92 Å². The number of rotatable bonds is 3. The Kier molecular flexibility index (Phi) is 3.65. The summed E-state index contributed by atoms with van der Waals surface area (Å²) in [4.78, 5) is 24.2. The molecule has 0 aliphatic heterocycles. The molecule has 1 heterocycles. The van der Waals surface area contributed by atoms with Gasteiger partial charge in [-0.1, -0.05) is 0 Å². The number of esters is 1. The number of ether oxygens (including phenoxy) is 1. The van der Waals surface area contributed by atoms with Gasteiger partial charge in [-0.15, -0.1) is 0 Å². The van der Waals surface area contributed by atoms with E-state index in [9.17, 15) is 14.7 Å². The number of hydrogen-bond acceptors (Lipinski definition) is 5. The van der Waals surface area contributed by atoms with E-state index in [0.717, 1.165) is 0 Å². The van der Waals surface area contributed by atoms with Crippen molar-refractivity contribution in [1.82, 2.24) is 4.68 Å². The quantitative estimate of drug-likeness (QED) is 0.849. The molecule has 0 unspecified atom stereocenters. The number of phenolic OH excluding ortho intramolecular Hbond substituents is 1. The number of carbonyl (C=O) groups is 1. The highest BCUT2D eigenvalue weighted by Crippen LogP contribution is 2.18. The zero-order valence-electron chi connectivity index (χ0n) is 11.6. The van der Waals surface area contributed by atoms with Gasteiger partial charge in [0.15, 0.2) is 0 Å². The van der Waals surface area contributed by atoms with E-state index in [2.05, 4.69) is 0 Å². The molecule has 20 heavy (non-hydrogen) atoms. The largest absolute Gasteiger partial charge is 0.508 e. The third-order valence-corrected chi connectivity index (χ3v) is 2.90. The van der Waals surface area contributed by atoms with Crippen LogP contribution in [0.15, 0.2) is 29.2 Å². The van der Waals surface area contributed by atoms with Crippen molar-refractivity contribution >= 4 is 16.9 Å². The fourth-order valence-corrected chi connectivity index (χ4v) is 1.98. The van der Waals surface area contributed by atoms with E-state index >= 15 is 0 Å². The highest BCUT2D eigenvalue weighted by atomic mass is 16.5. The van der Waals surface area contributed by atoms with Gasteiger partial charge in [-0.3, -0.25) is 9.47 Å². The lowest BCUT2D eigenvalue weighted by Gasteiger charge is -2.20. The van der Waals surface area contributed by atoms with Crippen molar-refractivity contribution in [3.05, 3.63) is 40.2 Å². The average molecular weight is 276 g/mol. The van der Waals surface area contributed by atoms with Crippen LogP contribution in [0.2, 0.25) is 0 Å². The summed E-state index contributed by atoms with van der Waals surface area (Å²) in [5.41, 5.74) is 0.0864. The first-order chi connectivity index (χ1) is 9.45. The monoisotopic (exact) mass is 276 g/mol. The first-order valence-electron chi connectivity index (χ1n) is 6.18. The van der Waals surface area contributed by atoms with Crippen LogP contribution in [0.4, 0.5) is 0 Å². The molecule has 1 aromatic heterocycles. The van der Waals surface area contributed by atoms with Crippen LogP contribution in [0.25, 0.3) is 10.9 Å². The van der Waals surface area contributed by atoms with Gasteiger partial charge < -0.3 is 14.9 Å². The first-order valence-corrected chi connectivity index (χ1v) is 6.18. The zero-order chi connectivity index (χ0) is 14.9. The molecule has 6 heteroatoms. The number of nitrogens with zero attached hydrogens (tertiary/aromatic N) is 2. The molecule has 0 radical (unpaired) electrons. The maximum Gasteiger partial charge on any atom is 0.343 e. The molecule has 0 saturated heterocycles. The Hall–Kier alpha value is -2.50. The van der Waals surface area contributed by atoms with Gasteiger partial charge in [0.25, 0.3) is 0 Å². The van der Waals surface area contributed by atoms with Gasteiger partial charge in [0.2, 0.25) is 5.43 Å². The van der Waals surface area contributed by atoms with E-state index in [4.69, 9.17) is 4.74 Å². The van der Waals surface area contributed by atoms with Gasteiger partial charge in [0.05, 0.1) is 12.1 Å². The van der Waals surface area contributed by atoms with Crippen LogP contribution in [0, 0.1) is 0 Å². The Labute approximate surface area is 115 Å². The fourth-order valence-electron chi connectivity index (χ4n) is 1.98. The van der Waals surface area contributed by atoms with Crippen molar-refractivity contribution in [2.24, 2.45) is 0 Å². The van der Waals surface area contributed by atoms with Crippen LogP contribution >= 0.6 is 0 Å². The normalized spacial score (nSPS) is 10.6. The first kappa shape index (κ1) is 13.9. The lowest BCUT2D eigenvalue weighted by atomic mass is 10.1. The van der Waals surface area contributed by atoms with Gasteiger partial charge >= 0.3 is 5.97 Å². The van der Waals surface area contributed by atoms with Crippen LogP contribution in [0.5, 0.6) is 5.75 Å². The number of aromatic hydroxyl groups is 1. The molecule has 0 bridgehead atoms. The van der Waals surface area contributed by atoms with E-state index in [1.165, 1.54) is 24.4 Å². The van der Waals surface area contributed by atoms with Crippen molar-refractivity contribution < 1.29 is 14.6 Å². The summed E-state index contributed by atoms with van der Waals surface area (Å²) in [5, 5.41) is 11.6. The number of aromatic nitrogens is 1. The number of benzene rings is 1. The van der Waals surface area contributed by atoms with Gasteiger partial charge in [-0.2, -0.15) is 0 Å². The Balaban J connectivity index is 2.80. The third kappa shape index (κ3) is 2.32. The summed E-state index contributed by atoms with van der Waals surface area (Å²) >= 11 is 0. The molecule has 106 valence electrons. The van der Waals surface area contributed by atoms with Crippen molar-refractivity contribution in [1.29, 1.82) is 0 Å². The van der Waals surface area contributed by atoms with Crippen molar-refractivity contribution in [3.8, 4) is 5.75 Å². The summed E-state index contributed by atoms with van der Waals surface area (Å²) in [6.45, 7) is 1.88. The number of hydrogen-bond donors (Lipinski definition) is 1. The minimum atomic E-state index is -0.650. The molecule has 0 amide bonds. The van der Waals surface area contributed by atoms with Crippen LogP contribution in [-0.2, 0) is 4.74 Å². The standard InChI is InChI=1S/C14H16N2O4/c1-4-20-14(19)11-8-16(15(2)3)12-7-9(17)5-6-10(12)13(11)18/h5-8,17H,4H2,1-3H3. The molecule has 0 saturated carbocycles. The molecule has 6 nitrogen and oxygen atoms in total. The Morgan fingerprint density at radius 3 is 2.70 bits per heavy atom. The molecule has 1 N–H and O–H groups in total. The smallest absolute Gasteiger partial charge is 0.343 e. The van der Waals surface area contributed by atoms with E-state index < -0.39 is 11.4 Å². The zero-order valence-corrected chi connectivity index (χ0v) is 11.6. The van der Waals surface area contributed by atoms with Crippen molar-refractivity contribution in [3.63, 3.8) is 0 Å². The van der Waals surface area contributed by atoms with Crippen LogP contribution in [-0.4, -0.2) is 36.5 Å². The summed E-state index contributed by atoms with van der Waals surface area (Å²) < 4.78 is 6.51. The third-order valence-electron chi connectivity index (χ3n) is 2.90. The van der Waals surface area contributed by atoms with Gasteiger partial charge in [-0.05, 0) is 19.1 Å². The second-order valence-electron chi connectivity index (χ2n) is 4.49. The minimum Gasteiger partial charge on any atom is -0.508 e. The predicted octanol–water partition coefficient (Wildman–Crippen LogP) is 1.08. The molecular weight excluding hydrogens is 260 g/mol. The highest BCUT2D eigenvalue weighted by molar-refractivity contribution is 5.94. The second kappa shape index (κ2) is 5.24. The lowest BCUT2D eigenvalue weighted by molar-refractivity contribution is 0.0524.